The first-order chi connectivity index (χ1) is 7.15. The lowest BCUT2D eigenvalue weighted by molar-refractivity contribution is -0.143. The Balaban J connectivity index is 2.58. The Kier molecular flexibility index (Phi) is 5.60. The van der Waals surface area contributed by atoms with Gasteiger partial charge in [-0.3, -0.25) is 4.79 Å². The SMILES string of the molecule is CCOC(=O)CCc1cccc(I)c1Br. The van der Waals surface area contributed by atoms with E-state index in [9.17, 15) is 4.79 Å². The maximum atomic E-state index is 11.2. The maximum Gasteiger partial charge on any atom is 0.306 e. The molecule has 1 rings (SSSR count). The molecule has 15 heavy (non-hydrogen) atoms. The topological polar surface area (TPSA) is 26.3 Å². The number of rotatable bonds is 4. The average molecular weight is 383 g/mol. The van der Waals surface area contributed by atoms with Crippen LogP contribution in [0.4, 0.5) is 0 Å². The Bertz CT molecular complexity index is 352. The molecule has 0 bridgehead atoms. The van der Waals surface area contributed by atoms with Crippen molar-refractivity contribution in [2.45, 2.75) is 19.8 Å². The van der Waals surface area contributed by atoms with E-state index in [2.05, 4.69) is 38.5 Å². The molecule has 0 atom stereocenters. The van der Waals surface area contributed by atoms with Crippen LogP contribution in [0.15, 0.2) is 22.7 Å². The van der Waals surface area contributed by atoms with Crippen molar-refractivity contribution in [2.24, 2.45) is 0 Å². The van der Waals surface area contributed by atoms with Gasteiger partial charge in [0.15, 0.2) is 0 Å². The van der Waals surface area contributed by atoms with E-state index in [0.717, 1.165) is 20.0 Å². The third-order valence-corrected chi connectivity index (χ3v) is 4.51. The van der Waals surface area contributed by atoms with Crippen LogP contribution >= 0.6 is 38.5 Å². The van der Waals surface area contributed by atoms with Crippen LogP contribution < -0.4 is 0 Å². The molecular weight excluding hydrogens is 371 g/mol. The van der Waals surface area contributed by atoms with E-state index in [1.54, 1.807) is 0 Å². The number of aryl methyl sites for hydroxylation is 1. The summed E-state index contributed by atoms with van der Waals surface area (Å²) in [5, 5.41) is 0. The Morgan fingerprint density at radius 2 is 2.27 bits per heavy atom. The van der Waals surface area contributed by atoms with Crippen LogP contribution in [0.3, 0.4) is 0 Å². The minimum Gasteiger partial charge on any atom is -0.466 e. The quantitative estimate of drug-likeness (QED) is 0.588. The predicted molar refractivity (Wildman–Crippen MR) is 71.8 cm³/mol. The van der Waals surface area contributed by atoms with Gasteiger partial charge in [0.2, 0.25) is 0 Å². The number of ether oxygens (including phenoxy) is 1. The van der Waals surface area contributed by atoms with Gasteiger partial charge in [0, 0.05) is 14.5 Å². The number of hydrogen-bond donors (Lipinski definition) is 0. The van der Waals surface area contributed by atoms with Crippen LogP contribution in [-0.4, -0.2) is 12.6 Å². The minimum absolute atomic E-state index is 0.136. The molecule has 0 fully saturated rings. The second-order valence-electron chi connectivity index (χ2n) is 3.02. The monoisotopic (exact) mass is 382 g/mol. The first-order valence-corrected chi connectivity index (χ1v) is 6.60. The average Bonchev–Trinajstić information content (AvgIpc) is 2.21. The van der Waals surface area contributed by atoms with Gasteiger partial charge in [-0.05, 0) is 63.5 Å². The lowest BCUT2D eigenvalue weighted by Crippen LogP contribution is -2.05. The summed E-state index contributed by atoms with van der Waals surface area (Å²) in [5.41, 5.74) is 1.15. The molecule has 0 heterocycles. The molecule has 0 aliphatic rings. The summed E-state index contributed by atoms with van der Waals surface area (Å²) in [4.78, 5) is 11.2. The van der Waals surface area contributed by atoms with Crippen molar-refractivity contribution >= 4 is 44.5 Å². The molecule has 0 saturated heterocycles. The van der Waals surface area contributed by atoms with E-state index in [-0.39, 0.29) is 5.97 Å². The summed E-state index contributed by atoms with van der Waals surface area (Å²) < 4.78 is 7.12. The second-order valence-corrected chi connectivity index (χ2v) is 4.97. The van der Waals surface area contributed by atoms with Gasteiger partial charge in [-0.25, -0.2) is 0 Å². The summed E-state index contributed by atoms with van der Waals surface area (Å²) in [6.45, 7) is 2.27. The summed E-state index contributed by atoms with van der Waals surface area (Å²) in [7, 11) is 0. The normalized spacial score (nSPS) is 10.1. The third-order valence-electron chi connectivity index (χ3n) is 1.94. The van der Waals surface area contributed by atoms with Gasteiger partial charge in [0.05, 0.1) is 6.61 Å². The fourth-order valence-electron chi connectivity index (χ4n) is 1.21. The zero-order valence-electron chi connectivity index (χ0n) is 8.43. The Morgan fingerprint density at radius 3 is 2.93 bits per heavy atom. The Labute approximate surface area is 112 Å². The van der Waals surface area contributed by atoms with Gasteiger partial charge in [-0.2, -0.15) is 0 Å². The molecular formula is C11H12BrIO2. The largest absolute Gasteiger partial charge is 0.466 e. The number of hydrogen-bond acceptors (Lipinski definition) is 2. The zero-order chi connectivity index (χ0) is 11.3. The van der Waals surface area contributed by atoms with Crippen molar-refractivity contribution in [1.29, 1.82) is 0 Å². The van der Waals surface area contributed by atoms with E-state index in [1.807, 2.05) is 25.1 Å². The van der Waals surface area contributed by atoms with Crippen LogP contribution in [0, 0.1) is 3.57 Å². The molecule has 0 aliphatic carbocycles. The molecule has 0 spiro atoms. The highest BCUT2D eigenvalue weighted by Crippen LogP contribution is 2.24. The van der Waals surface area contributed by atoms with Gasteiger partial charge < -0.3 is 4.74 Å². The highest BCUT2D eigenvalue weighted by molar-refractivity contribution is 14.1. The van der Waals surface area contributed by atoms with Gasteiger partial charge in [-0.15, -0.1) is 0 Å². The number of halogens is 2. The number of carbonyl (C=O) groups excluding carboxylic acids is 1. The number of carbonyl (C=O) groups is 1. The van der Waals surface area contributed by atoms with Crippen molar-refractivity contribution in [2.75, 3.05) is 6.61 Å². The van der Waals surface area contributed by atoms with Crippen molar-refractivity contribution in [3.63, 3.8) is 0 Å². The van der Waals surface area contributed by atoms with Crippen molar-refractivity contribution in [3.8, 4) is 0 Å². The Morgan fingerprint density at radius 1 is 1.53 bits per heavy atom. The van der Waals surface area contributed by atoms with Crippen LogP contribution in [0.5, 0.6) is 0 Å². The van der Waals surface area contributed by atoms with Crippen molar-refractivity contribution < 1.29 is 9.53 Å². The Hall–Kier alpha value is -0.100. The first kappa shape index (κ1) is 13.0. The van der Waals surface area contributed by atoms with E-state index < -0.39 is 0 Å². The fraction of sp³-hybridized carbons (Fsp3) is 0.364. The zero-order valence-corrected chi connectivity index (χ0v) is 12.2. The second kappa shape index (κ2) is 6.48. The molecule has 2 nitrogen and oxygen atoms in total. The van der Waals surface area contributed by atoms with Crippen LogP contribution in [0.2, 0.25) is 0 Å². The molecule has 0 unspecified atom stereocenters. The lowest BCUT2D eigenvalue weighted by Gasteiger charge is -2.05. The first-order valence-electron chi connectivity index (χ1n) is 4.73. The molecule has 0 aliphatic heterocycles. The molecule has 0 aromatic heterocycles. The summed E-state index contributed by atoms with van der Waals surface area (Å²) in [5.74, 6) is -0.136. The highest BCUT2D eigenvalue weighted by Gasteiger charge is 2.06. The third kappa shape index (κ3) is 4.10. The van der Waals surface area contributed by atoms with E-state index in [0.29, 0.717) is 13.0 Å². The molecule has 0 radical (unpaired) electrons. The van der Waals surface area contributed by atoms with Crippen LogP contribution in [0.1, 0.15) is 18.9 Å². The maximum absolute atomic E-state index is 11.2. The van der Waals surface area contributed by atoms with Gasteiger partial charge in [-0.1, -0.05) is 12.1 Å². The van der Waals surface area contributed by atoms with Crippen LogP contribution in [0.25, 0.3) is 0 Å². The predicted octanol–water partition coefficient (Wildman–Crippen LogP) is 3.55. The van der Waals surface area contributed by atoms with E-state index in [4.69, 9.17) is 4.74 Å². The molecule has 4 heteroatoms. The standard InChI is InChI=1S/C11H12BrIO2/c1-2-15-10(14)7-6-8-4-3-5-9(13)11(8)12/h3-5H,2,6-7H2,1H3. The molecule has 0 N–H and O–H groups in total. The molecule has 82 valence electrons. The summed E-state index contributed by atoms with van der Waals surface area (Å²) >= 11 is 5.77. The molecule has 0 saturated carbocycles. The summed E-state index contributed by atoms with van der Waals surface area (Å²) in [6.07, 6.45) is 1.16. The molecule has 0 amide bonds. The van der Waals surface area contributed by atoms with Crippen LogP contribution in [-0.2, 0) is 16.0 Å². The van der Waals surface area contributed by atoms with E-state index in [1.165, 1.54) is 0 Å². The smallest absolute Gasteiger partial charge is 0.306 e. The number of esters is 1. The van der Waals surface area contributed by atoms with Crippen molar-refractivity contribution in [3.05, 3.63) is 31.8 Å². The van der Waals surface area contributed by atoms with Gasteiger partial charge >= 0.3 is 5.97 Å². The molecule has 1 aromatic carbocycles. The van der Waals surface area contributed by atoms with Gasteiger partial charge in [0.1, 0.15) is 0 Å². The molecule has 1 aromatic rings. The number of benzene rings is 1. The highest BCUT2D eigenvalue weighted by atomic mass is 127. The lowest BCUT2D eigenvalue weighted by atomic mass is 10.1. The summed E-state index contributed by atoms with van der Waals surface area (Å²) in [6, 6.07) is 6.04. The minimum atomic E-state index is -0.136. The van der Waals surface area contributed by atoms with E-state index >= 15 is 0 Å². The van der Waals surface area contributed by atoms with Crippen molar-refractivity contribution in [1.82, 2.24) is 0 Å². The fourth-order valence-corrected chi connectivity index (χ4v) is 2.23. The van der Waals surface area contributed by atoms with Gasteiger partial charge in [0.25, 0.3) is 0 Å².